The maximum Gasteiger partial charge on any atom is 0.123 e. The predicted octanol–water partition coefficient (Wildman–Crippen LogP) is 2.93. The average molecular weight is 297 g/mol. The third-order valence-electron chi connectivity index (χ3n) is 3.65. The van der Waals surface area contributed by atoms with E-state index in [1.165, 1.54) is 12.1 Å². The zero-order valence-electron chi connectivity index (χ0n) is 12.2. The molecule has 1 aromatic heterocycles. The summed E-state index contributed by atoms with van der Waals surface area (Å²) in [6.45, 7) is 2.38. The summed E-state index contributed by atoms with van der Waals surface area (Å²) in [5.74, 6) is -0.299. The first-order valence-electron chi connectivity index (χ1n) is 7.02. The minimum atomic E-state index is -0.299. The summed E-state index contributed by atoms with van der Waals surface area (Å²) in [6, 6.07) is 14.1. The Balaban J connectivity index is 2.04. The molecule has 0 radical (unpaired) electrons. The Morgan fingerprint density at radius 3 is 2.50 bits per heavy atom. The van der Waals surface area contributed by atoms with E-state index in [-0.39, 0.29) is 12.4 Å². The number of aryl methyl sites for hydroxylation is 1. The summed E-state index contributed by atoms with van der Waals surface area (Å²) in [4.78, 5) is 0. The molecule has 0 bridgehead atoms. The number of benzene rings is 2. The van der Waals surface area contributed by atoms with Crippen molar-refractivity contribution in [3.05, 3.63) is 71.2 Å². The van der Waals surface area contributed by atoms with Gasteiger partial charge in [-0.15, -0.1) is 5.10 Å². The first-order chi connectivity index (χ1) is 10.7. The number of nitrogens with zero attached hydrogens (tertiary/aromatic N) is 3. The second-order valence-electron chi connectivity index (χ2n) is 5.13. The van der Waals surface area contributed by atoms with Crippen molar-refractivity contribution < 1.29 is 9.50 Å². The summed E-state index contributed by atoms with van der Waals surface area (Å²) < 4.78 is 14.9. The Bertz CT molecular complexity index is 781. The van der Waals surface area contributed by atoms with Crippen LogP contribution in [0.1, 0.15) is 16.8 Å². The molecule has 22 heavy (non-hydrogen) atoms. The molecule has 0 aliphatic heterocycles. The summed E-state index contributed by atoms with van der Waals surface area (Å²) in [5, 5.41) is 17.6. The van der Waals surface area contributed by atoms with Crippen molar-refractivity contribution in [3.63, 3.8) is 0 Å². The van der Waals surface area contributed by atoms with Crippen LogP contribution in [-0.2, 0) is 13.2 Å². The molecular formula is C17H16FN3O. The second-order valence-corrected chi connectivity index (χ2v) is 5.13. The molecule has 112 valence electrons. The first-order valence-corrected chi connectivity index (χ1v) is 7.02. The first kappa shape index (κ1) is 14.4. The third-order valence-corrected chi connectivity index (χ3v) is 3.65. The van der Waals surface area contributed by atoms with Gasteiger partial charge in [0.25, 0.3) is 0 Å². The molecule has 3 rings (SSSR count). The molecule has 0 amide bonds. The van der Waals surface area contributed by atoms with Crippen LogP contribution in [0.15, 0.2) is 48.5 Å². The Labute approximate surface area is 127 Å². The molecule has 1 N–H and O–H groups in total. The molecule has 0 aliphatic rings. The molecule has 0 aliphatic carbocycles. The molecule has 0 unspecified atom stereocenters. The molecule has 0 spiro atoms. The number of aliphatic hydroxyl groups excluding tert-OH is 1. The van der Waals surface area contributed by atoms with E-state index in [1.54, 1.807) is 16.8 Å². The van der Waals surface area contributed by atoms with Gasteiger partial charge in [0.2, 0.25) is 0 Å². The minimum Gasteiger partial charge on any atom is -0.390 e. The number of rotatable bonds is 4. The smallest absolute Gasteiger partial charge is 0.123 e. The zero-order valence-corrected chi connectivity index (χ0v) is 12.2. The van der Waals surface area contributed by atoms with Crippen LogP contribution >= 0.6 is 0 Å². The molecule has 4 nitrogen and oxygen atoms in total. The van der Waals surface area contributed by atoms with E-state index in [9.17, 15) is 9.50 Å². The highest BCUT2D eigenvalue weighted by atomic mass is 19.1. The maximum atomic E-state index is 13.1. The number of aromatic nitrogens is 3. The highest BCUT2D eigenvalue weighted by Crippen LogP contribution is 2.24. The van der Waals surface area contributed by atoms with Gasteiger partial charge < -0.3 is 5.11 Å². The van der Waals surface area contributed by atoms with Gasteiger partial charge in [-0.3, -0.25) is 0 Å². The van der Waals surface area contributed by atoms with Gasteiger partial charge >= 0.3 is 0 Å². The van der Waals surface area contributed by atoms with Crippen LogP contribution in [0, 0.1) is 12.7 Å². The number of halogens is 1. The third kappa shape index (κ3) is 2.76. The van der Waals surface area contributed by atoms with Crippen LogP contribution in [0.3, 0.4) is 0 Å². The summed E-state index contributed by atoms with van der Waals surface area (Å²) in [6.07, 6.45) is 0. The fourth-order valence-corrected chi connectivity index (χ4v) is 2.44. The Morgan fingerprint density at radius 1 is 1.09 bits per heavy atom. The van der Waals surface area contributed by atoms with Crippen LogP contribution in [0.2, 0.25) is 0 Å². The van der Waals surface area contributed by atoms with Crippen LogP contribution in [0.4, 0.5) is 4.39 Å². The van der Waals surface area contributed by atoms with Crippen molar-refractivity contribution in [2.24, 2.45) is 0 Å². The molecule has 3 aromatic rings. The monoisotopic (exact) mass is 297 g/mol. The van der Waals surface area contributed by atoms with Crippen molar-refractivity contribution in [1.82, 2.24) is 15.0 Å². The maximum absolute atomic E-state index is 13.1. The summed E-state index contributed by atoms with van der Waals surface area (Å²) in [5.41, 5.74) is 4.27. The number of hydrogen-bond acceptors (Lipinski definition) is 3. The van der Waals surface area contributed by atoms with Crippen molar-refractivity contribution in [1.29, 1.82) is 0 Å². The average Bonchev–Trinajstić information content (AvgIpc) is 2.93. The molecule has 1 heterocycles. The lowest BCUT2D eigenvalue weighted by molar-refractivity contribution is 0.277. The van der Waals surface area contributed by atoms with Gasteiger partial charge in [0.05, 0.1) is 18.8 Å². The molecule has 0 saturated heterocycles. The molecule has 2 aromatic carbocycles. The lowest BCUT2D eigenvalue weighted by atomic mass is 10.1. The normalized spacial score (nSPS) is 10.9. The number of hydrogen-bond donors (Lipinski definition) is 1. The van der Waals surface area contributed by atoms with E-state index in [0.29, 0.717) is 17.9 Å². The van der Waals surface area contributed by atoms with Crippen LogP contribution in [-0.4, -0.2) is 20.1 Å². The molecular weight excluding hydrogens is 281 g/mol. The van der Waals surface area contributed by atoms with Crippen LogP contribution in [0.25, 0.3) is 11.3 Å². The fraction of sp³-hybridized carbons (Fsp3) is 0.176. The van der Waals surface area contributed by atoms with Gasteiger partial charge in [0, 0.05) is 5.56 Å². The summed E-state index contributed by atoms with van der Waals surface area (Å²) in [7, 11) is 0. The van der Waals surface area contributed by atoms with Crippen LogP contribution in [0.5, 0.6) is 0 Å². The zero-order chi connectivity index (χ0) is 15.5. The van der Waals surface area contributed by atoms with Gasteiger partial charge in [-0.05, 0) is 42.3 Å². The SMILES string of the molecule is Cc1ccccc1Cn1nnc(CO)c1-c1ccc(F)cc1. The topological polar surface area (TPSA) is 50.9 Å². The lowest BCUT2D eigenvalue weighted by Gasteiger charge is -2.10. The van der Waals surface area contributed by atoms with Crippen LogP contribution < -0.4 is 0 Å². The molecule has 0 saturated carbocycles. The van der Waals surface area contributed by atoms with E-state index < -0.39 is 0 Å². The van der Waals surface area contributed by atoms with Crippen molar-refractivity contribution in [2.45, 2.75) is 20.1 Å². The van der Waals surface area contributed by atoms with Gasteiger partial charge in [0.1, 0.15) is 11.5 Å². The largest absolute Gasteiger partial charge is 0.390 e. The lowest BCUT2D eigenvalue weighted by Crippen LogP contribution is -2.06. The standard InChI is InChI=1S/C17H16FN3O/c1-12-4-2-3-5-14(12)10-21-17(16(11-22)19-20-21)13-6-8-15(18)9-7-13/h2-9,22H,10-11H2,1H3. The fourth-order valence-electron chi connectivity index (χ4n) is 2.44. The van der Waals surface area contributed by atoms with E-state index in [1.807, 2.05) is 31.2 Å². The highest BCUT2D eigenvalue weighted by Gasteiger charge is 2.15. The second kappa shape index (κ2) is 6.07. The van der Waals surface area contributed by atoms with Crippen molar-refractivity contribution in [2.75, 3.05) is 0 Å². The van der Waals surface area contributed by atoms with E-state index in [0.717, 1.165) is 16.7 Å². The van der Waals surface area contributed by atoms with E-state index in [4.69, 9.17) is 0 Å². The van der Waals surface area contributed by atoms with Gasteiger partial charge in [-0.1, -0.05) is 29.5 Å². The Hall–Kier alpha value is -2.53. The predicted molar refractivity (Wildman–Crippen MR) is 81.6 cm³/mol. The van der Waals surface area contributed by atoms with E-state index in [2.05, 4.69) is 10.3 Å². The van der Waals surface area contributed by atoms with Crippen molar-refractivity contribution >= 4 is 0 Å². The van der Waals surface area contributed by atoms with Gasteiger partial charge in [-0.2, -0.15) is 0 Å². The highest BCUT2D eigenvalue weighted by molar-refractivity contribution is 5.61. The minimum absolute atomic E-state index is 0.208. The molecule has 0 fully saturated rings. The Kier molecular flexibility index (Phi) is 3.98. The summed E-state index contributed by atoms with van der Waals surface area (Å²) >= 11 is 0. The number of aliphatic hydroxyl groups is 1. The van der Waals surface area contributed by atoms with E-state index >= 15 is 0 Å². The van der Waals surface area contributed by atoms with Crippen molar-refractivity contribution in [3.8, 4) is 11.3 Å². The van der Waals surface area contributed by atoms with Gasteiger partial charge in [0.15, 0.2) is 0 Å². The van der Waals surface area contributed by atoms with Gasteiger partial charge in [-0.25, -0.2) is 9.07 Å². The molecule has 5 heteroatoms. The Morgan fingerprint density at radius 2 is 1.82 bits per heavy atom. The quantitative estimate of drug-likeness (QED) is 0.805. The molecule has 0 atom stereocenters.